The fourth-order valence-electron chi connectivity index (χ4n) is 4.22. The van der Waals surface area contributed by atoms with E-state index in [1.54, 1.807) is 0 Å². The summed E-state index contributed by atoms with van der Waals surface area (Å²) >= 11 is 0. The Morgan fingerprint density at radius 1 is 1.07 bits per heavy atom. The van der Waals surface area contributed by atoms with E-state index >= 15 is 0 Å². The van der Waals surface area contributed by atoms with E-state index in [2.05, 4.69) is 17.2 Å². The molecule has 2 aliphatic rings. The second kappa shape index (κ2) is 8.90. The summed E-state index contributed by atoms with van der Waals surface area (Å²) in [7, 11) is 0. The average molecular weight is 411 g/mol. The molecular formula is C23H30N4O3. The molecule has 0 atom stereocenters. The van der Waals surface area contributed by atoms with Crippen molar-refractivity contribution in [3.8, 4) is 0 Å². The Morgan fingerprint density at radius 2 is 1.73 bits per heavy atom. The number of aryl methyl sites for hydroxylation is 2. The average Bonchev–Trinajstić information content (AvgIpc) is 3.44. The number of nitrogens with zero attached hydrogens (tertiary/aromatic N) is 3. The Balaban J connectivity index is 1.33. The molecule has 160 valence electrons. The van der Waals surface area contributed by atoms with Crippen molar-refractivity contribution in [1.29, 1.82) is 0 Å². The van der Waals surface area contributed by atoms with Gasteiger partial charge in [0.15, 0.2) is 11.6 Å². The third-order valence-corrected chi connectivity index (χ3v) is 6.15. The Bertz CT molecular complexity index is 892. The van der Waals surface area contributed by atoms with Gasteiger partial charge in [-0.1, -0.05) is 19.1 Å². The highest BCUT2D eigenvalue weighted by molar-refractivity contribution is 5.93. The molecule has 2 aromatic rings. The predicted molar refractivity (Wildman–Crippen MR) is 115 cm³/mol. The lowest BCUT2D eigenvalue weighted by Gasteiger charge is -2.30. The summed E-state index contributed by atoms with van der Waals surface area (Å²) in [6.45, 7) is 6.80. The topological polar surface area (TPSA) is 78.7 Å². The molecule has 1 aromatic heterocycles. The highest BCUT2D eigenvalue weighted by atomic mass is 16.4. The molecular weight excluding hydrogens is 380 g/mol. The number of urea groups is 1. The van der Waals surface area contributed by atoms with Gasteiger partial charge in [-0.25, -0.2) is 9.78 Å². The first-order valence-corrected chi connectivity index (χ1v) is 11.0. The fourth-order valence-corrected chi connectivity index (χ4v) is 4.22. The molecule has 0 bridgehead atoms. The van der Waals surface area contributed by atoms with Crippen molar-refractivity contribution in [2.75, 3.05) is 31.5 Å². The van der Waals surface area contributed by atoms with Gasteiger partial charge < -0.3 is 19.5 Å². The minimum atomic E-state index is -0.0776. The van der Waals surface area contributed by atoms with Gasteiger partial charge in [0.1, 0.15) is 5.76 Å². The molecule has 0 saturated carbocycles. The van der Waals surface area contributed by atoms with Gasteiger partial charge in [0.25, 0.3) is 5.91 Å². The van der Waals surface area contributed by atoms with Crippen molar-refractivity contribution in [2.45, 2.75) is 51.9 Å². The van der Waals surface area contributed by atoms with Gasteiger partial charge in [0.2, 0.25) is 0 Å². The predicted octanol–water partition coefficient (Wildman–Crippen LogP) is 4.19. The first kappa shape index (κ1) is 20.4. The van der Waals surface area contributed by atoms with Gasteiger partial charge in [-0.3, -0.25) is 4.79 Å². The van der Waals surface area contributed by atoms with Crippen LogP contribution in [0.25, 0.3) is 0 Å². The van der Waals surface area contributed by atoms with Crippen molar-refractivity contribution >= 4 is 17.6 Å². The number of amides is 3. The van der Waals surface area contributed by atoms with Crippen LogP contribution in [0.3, 0.4) is 0 Å². The highest BCUT2D eigenvalue weighted by Crippen LogP contribution is 2.30. The summed E-state index contributed by atoms with van der Waals surface area (Å²) in [5, 5.41) is 2.97. The third kappa shape index (κ3) is 4.35. The van der Waals surface area contributed by atoms with Gasteiger partial charge in [0, 0.05) is 37.8 Å². The summed E-state index contributed by atoms with van der Waals surface area (Å²) in [6.07, 6.45) is 4.64. The number of nitrogens with one attached hydrogen (secondary N) is 1. The van der Waals surface area contributed by atoms with Crippen molar-refractivity contribution in [3.05, 3.63) is 47.2 Å². The smallest absolute Gasteiger partial charge is 0.321 e. The van der Waals surface area contributed by atoms with Crippen LogP contribution >= 0.6 is 0 Å². The Kier molecular flexibility index (Phi) is 6.06. The third-order valence-electron chi connectivity index (χ3n) is 6.15. The molecule has 1 aromatic carbocycles. The van der Waals surface area contributed by atoms with Crippen LogP contribution < -0.4 is 5.32 Å². The van der Waals surface area contributed by atoms with Crippen molar-refractivity contribution in [3.63, 3.8) is 0 Å². The van der Waals surface area contributed by atoms with E-state index in [-0.39, 0.29) is 17.9 Å². The van der Waals surface area contributed by atoms with Crippen LogP contribution in [0.15, 0.2) is 28.7 Å². The quantitative estimate of drug-likeness (QED) is 0.820. The first-order valence-electron chi connectivity index (χ1n) is 11.0. The number of aromatic nitrogens is 1. The summed E-state index contributed by atoms with van der Waals surface area (Å²) < 4.78 is 5.87. The Hall–Kier alpha value is -2.83. The number of rotatable bonds is 4. The molecule has 7 nitrogen and oxygen atoms in total. The van der Waals surface area contributed by atoms with Crippen molar-refractivity contribution in [2.24, 2.45) is 0 Å². The normalized spacial score (nSPS) is 17.4. The number of hydrogen-bond acceptors (Lipinski definition) is 4. The van der Waals surface area contributed by atoms with Crippen LogP contribution in [0.4, 0.5) is 10.5 Å². The molecule has 3 heterocycles. The summed E-state index contributed by atoms with van der Waals surface area (Å²) in [5.41, 5.74) is 2.51. The zero-order chi connectivity index (χ0) is 21.1. The van der Waals surface area contributed by atoms with Crippen LogP contribution in [0, 0.1) is 6.92 Å². The van der Waals surface area contributed by atoms with E-state index in [9.17, 15) is 9.59 Å². The van der Waals surface area contributed by atoms with Crippen LogP contribution in [0.1, 0.15) is 66.2 Å². The molecule has 2 fully saturated rings. The zero-order valence-corrected chi connectivity index (χ0v) is 17.8. The van der Waals surface area contributed by atoms with Gasteiger partial charge in [-0.15, -0.1) is 0 Å². The molecule has 4 rings (SSSR count). The zero-order valence-electron chi connectivity index (χ0n) is 17.8. The monoisotopic (exact) mass is 410 g/mol. The number of likely N-dealkylation sites (tertiary alicyclic amines) is 2. The number of oxazole rings is 1. The molecule has 30 heavy (non-hydrogen) atoms. The van der Waals surface area contributed by atoms with E-state index in [1.807, 2.05) is 41.0 Å². The highest BCUT2D eigenvalue weighted by Gasteiger charge is 2.30. The van der Waals surface area contributed by atoms with Crippen molar-refractivity contribution < 1.29 is 14.0 Å². The second-order valence-electron chi connectivity index (χ2n) is 8.20. The number of hydrogen-bond donors (Lipinski definition) is 1. The van der Waals surface area contributed by atoms with Crippen LogP contribution in [-0.2, 0) is 6.42 Å². The SMILES string of the molecule is CCc1ccc(NC(=O)N2CCC(c3nc(C(=O)N4CCCC4)c(C)o3)CC2)cc1. The maximum Gasteiger partial charge on any atom is 0.321 e. The van der Waals surface area contributed by atoms with E-state index in [0.29, 0.717) is 30.4 Å². The summed E-state index contributed by atoms with van der Waals surface area (Å²) in [6, 6.07) is 7.88. The van der Waals surface area contributed by atoms with Crippen LogP contribution in [0.5, 0.6) is 0 Å². The molecule has 0 unspecified atom stereocenters. The molecule has 2 aliphatic heterocycles. The van der Waals surface area contributed by atoms with E-state index in [0.717, 1.165) is 50.9 Å². The molecule has 0 radical (unpaired) electrons. The minimum absolute atomic E-state index is 0.0223. The Morgan fingerprint density at radius 3 is 2.37 bits per heavy atom. The van der Waals surface area contributed by atoms with Gasteiger partial charge in [-0.2, -0.15) is 0 Å². The number of benzene rings is 1. The first-order chi connectivity index (χ1) is 14.5. The number of anilines is 1. The summed E-state index contributed by atoms with van der Waals surface area (Å²) in [5.74, 6) is 1.34. The molecule has 0 aliphatic carbocycles. The minimum Gasteiger partial charge on any atom is -0.445 e. The van der Waals surface area contributed by atoms with Gasteiger partial charge in [-0.05, 0) is 56.7 Å². The number of carbonyl (C=O) groups is 2. The van der Waals surface area contributed by atoms with Gasteiger partial charge >= 0.3 is 6.03 Å². The molecule has 1 N–H and O–H groups in total. The standard InChI is InChI=1S/C23H30N4O3/c1-3-17-6-8-19(9-7-17)24-23(29)27-14-10-18(11-15-27)21-25-20(16(2)30-21)22(28)26-12-4-5-13-26/h6-9,18H,3-5,10-15H2,1-2H3,(H,24,29). The lowest BCUT2D eigenvalue weighted by molar-refractivity contribution is 0.0786. The van der Waals surface area contributed by atoms with E-state index < -0.39 is 0 Å². The lowest BCUT2D eigenvalue weighted by atomic mass is 9.97. The maximum absolute atomic E-state index is 12.7. The van der Waals surface area contributed by atoms with Crippen molar-refractivity contribution in [1.82, 2.24) is 14.8 Å². The molecule has 0 spiro atoms. The fraction of sp³-hybridized carbons (Fsp3) is 0.522. The largest absolute Gasteiger partial charge is 0.445 e. The number of piperidine rings is 1. The van der Waals surface area contributed by atoms with Crippen LogP contribution in [0.2, 0.25) is 0 Å². The lowest BCUT2D eigenvalue weighted by Crippen LogP contribution is -2.40. The molecule has 7 heteroatoms. The second-order valence-corrected chi connectivity index (χ2v) is 8.20. The number of carbonyl (C=O) groups excluding carboxylic acids is 2. The Labute approximate surface area is 177 Å². The molecule has 2 saturated heterocycles. The molecule has 3 amide bonds. The summed E-state index contributed by atoms with van der Waals surface area (Å²) in [4.78, 5) is 33.5. The van der Waals surface area contributed by atoms with E-state index in [4.69, 9.17) is 4.42 Å². The van der Waals surface area contributed by atoms with Crippen LogP contribution in [-0.4, -0.2) is 52.9 Å². The van der Waals surface area contributed by atoms with E-state index in [1.165, 1.54) is 5.56 Å². The maximum atomic E-state index is 12.7. The van der Waals surface area contributed by atoms with Gasteiger partial charge in [0.05, 0.1) is 0 Å².